The molecule has 0 rings (SSSR count). The molecule has 0 heterocycles. The van der Waals surface area contributed by atoms with Crippen LogP contribution in [0.3, 0.4) is 0 Å². The van der Waals surface area contributed by atoms with Gasteiger partial charge in [0.15, 0.2) is 0 Å². The molecule has 0 fully saturated rings. The zero-order valence-corrected chi connectivity index (χ0v) is 8.96. The molecule has 0 aliphatic heterocycles. The molecular formula is C9H19N3O2. The molecule has 14 heavy (non-hydrogen) atoms. The smallest absolute Gasteiger partial charge is 0.239 e. The minimum Gasteiger partial charge on any atom is -0.352 e. The van der Waals surface area contributed by atoms with Crippen LogP contribution in [0.2, 0.25) is 0 Å². The molecule has 4 N–H and O–H groups in total. The third kappa shape index (κ3) is 5.53. The van der Waals surface area contributed by atoms with E-state index in [1.54, 1.807) is 0 Å². The Kier molecular flexibility index (Phi) is 5.87. The van der Waals surface area contributed by atoms with Crippen molar-refractivity contribution < 1.29 is 9.59 Å². The van der Waals surface area contributed by atoms with E-state index in [1.165, 1.54) is 0 Å². The molecule has 1 unspecified atom stereocenters. The third-order valence-corrected chi connectivity index (χ3v) is 2.02. The maximum atomic E-state index is 11.2. The van der Waals surface area contributed by atoms with Crippen LogP contribution in [-0.2, 0) is 9.59 Å². The van der Waals surface area contributed by atoms with Crippen LogP contribution in [0.25, 0.3) is 0 Å². The Morgan fingerprint density at radius 3 is 2.21 bits per heavy atom. The Balaban J connectivity index is 3.71. The standard InChI is InChI=1S/C9H19N3O2/c1-6(2)7(3)12-9(14)5-11-8(13)4-10/h6-7H,4-5,10H2,1-3H3,(H,11,13)(H,12,14). The summed E-state index contributed by atoms with van der Waals surface area (Å²) in [4.78, 5) is 21.9. The summed E-state index contributed by atoms with van der Waals surface area (Å²) in [5.74, 6) is -0.130. The molecule has 0 bridgehead atoms. The monoisotopic (exact) mass is 201 g/mol. The number of carbonyl (C=O) groups excluding carboxylic acids is 2. The van der Waals surface area contributed by atoms with E-state index in [1.807, 2.05) is 20.8 Å². The first-order valence-corrected chi connectivity index (χ1v) is 4.73. The average molecular weight is 201 g/mol. The van der Waals surface area contributed by atoms with Crippen molar-refractivity contribution in [1.82, 2.24) is 10.6 Å². The normalized spacial score (nSPS) is 12.4. The SMILES string of the molecule is CC(C)C(C)NC(=O)CNC(=O)CN. The second-order valence-corrected chi connectivity index (χ2v) is 3.58. The molecule has 2 amide bonds. The summed E-state index contributed by atoms with van der Waals surface area (Å²) in [7, 11) is 0. The second-order valence-electron chi connectivity index (χ2n) is 3.58. The van der Waals surface area contributed by atoms with Gasteiger partial charge in [0.1, 0.15) is 0 Å². The Morgan fingerprint density at radius 2 is 1.79 bits per heavy atom. The number of nitrogens with two attached hydrogens (primary N) is 1. The fourth-order valence-electron chi connectivity index (χ4n) is 0.723. The minimum atomic E-state index is -0.322. The molecule has 1 atom stereocenters. The van der Waals surface area contributed by atoms with Crippen molar-refractivity contribution in [3.8, 4) is 0 Å². The number of hydrogen-bond acceptors (Lipinski definition) is 3. The van der Waals surface area contributed by atoms with Crippen LogP contribution in [0.1, 0.15) is 20.8 Å². The zero-order chi connectivity index (χ0) is 11.1. The van der Waals surface area contributed by atoms with Crippen LogP contribution < -0.4 is 16.4 Å². The van der Waals surface area contributed by atoms with Gasteiger partial charge in [-0.15, -0.1) is 0 Å². The lowest BCUT2D eigenvalue weighted by atomic mass is 10.1. The summed E-state index contributed by atoms with van der Waals surface area (Å²) in [6, 6.07) is 0.109. The topological polar surface area (TPSA) is 84.2 Å². The summed E-state index contributed by atoms with van der Waals surface area (Å²) in [5.41, 5.74) is 5.06. The maximum Gasteiger partial charge on any atom is 0.239 e. The van der Waals surface area contributed by atoms with E-state index in [0.29, 0.717) is 5.92 Å². The number of amides is 2. The third-order valence-electron chi connectivity index (χ3n) is 2.02. The summed E-state index contributed by atoms with van der Waals surface area (Å²) >= 11 is 0. The van der Waals surface area contributed by atoms with Crippen molar-refractivity contribution in [3.05, 3.63) is 0 Å². The molecule has 0 saturated heterocycles. The number of carbonyl (C=O) groups is 2. The Morgan fingerprint density at radius 1 is 1.21 bits per heavy atom. The fourth-order valence-corrected chi connectivity index (χ4v) is 0.723. The quantitative estimate of drug-likeness (QED) is 0.545. The van der Waals surface area contributed by atoms with Gasteiger partial charge in [-0.3, -0.25) is 9.59 Å². The second kappa shape index (κ2) is 6.37. The van der Waals surface area contributed by atoms with Crippen LogP contribution in [0, 0.1) is 5.92 Å². The molecule has 82 valence electrons. The number of rotatable bonds is 5. The van der Waals surface area contributed by atoms with E-state index >= 15 is 0 Å². The highest BCUT2D eigenvalue weighted by Crippen LogP contribution is 1.98. The van der Waals surface area contributed by atoms with Crippen LogP contribution in [-0.4, -0.2) is 30.9 Å². The van der Waals surface area contributed by atoms with Crippen molar-refractivity contribution in [2.75, 3.05) is 13.1 Å². The molecule has 0 aliphatic rings. The van der Waals surface area contributed by atoms with E-state index in [0.717, 1.165) is 0 Å². The van der Waals surface area contributed by atoms with Crippen molar-refractivity contribution in [2.45, 2.75) is 26.8 Å². The molecule has 0 aromatic heterocycles. The lowest BCUT2D eigenvalue weighted by Crippen LogP contribution is -2.43. The van der Waals surface area contributed by atoms with Gasteiger partial charge >= 0.3 is 0 Å². The first-order valence-electron chi connectivity index (χ1n) is 4.73. The van der Waals surface area contributed by atoms with Gasteiger partial charge in [-0.2, -0.15) is 0 Å². The highest BCUT2D eigenvalue weighted by Gasteiger charge is 2.10. The van der Waals surface area contributed by atoms with Crippen molar-refractivity contribution in [3.63, 3.8) is 0 Å². The Hall–Kier alpha value is -1.10. The van der Waals surface area contributed by atoms with E-state index in [9.17, 15) is 9.59 Å². The summed E-state index contributed by atoms with van der Waals surface area (Å²) in [6.07, 6.45) is 0. The van der Waals surface area contributed by atoms with Crippen LogP contribution >= 0.6 is 0 Å². The van der Waals surface area contributed by atoms with E-state index < -0.39 is 0 Å². The fraction of sp³-hybridized carbons (Fsp3) is 0.778. The highest BCUT2D eigenvalue weighted by atomic mass is 16.2. The summed E-state index contributed by atoms with van der Waals surface area (Å²) in [6.45, 7) is 5.86. The molecule has 5 nitrogen and oxygen atoms in total. The molecule has 0 aliphatic carbocycles. The molecule has 0 spiro atoms. The molecule has 0 aromatic carbocycles. The lowest BCUT2D eigenvalue weighted by molar-refractivity contribution is -0.125. The van der Waals surface area contributed by atoms with E-state index in [-0.39, 0.29) is 30.9 Å². The highest BCUT2D eigenvalue weighted by molar-refractivity contribution is 5.85. The van der Waals surface area contributed by atoms with E-state index in [2.05, 4.69) is 10.6 Å². The molecule has 0 aromatic rings. The number of hydrogen-bond donors (Lipinski definition) is 3. The van der Waals surface area contributed by atoms with Crippen LogP contribution in [0.4, 0.5) is 0 Å². The molecule has 0 radical (unpaired) electrons. The Bertz CT molecular complexity index is 204. The van der Waals surface area contributed by atoms with Gasteiger partial charge in [0.25, 0.3) is 0 Å². The summed E-state index contributed by atoms with van der Waals surface area (Å²) in [5, 5.41) is 5.16. The van der Waals surface area contributed by atoms with E-state index in [4.69, 9.17) is 5.73 Å². The van der Waals surface area contributed by atoms with Gasteiger partial charge in [-0.05, 0) is 12.8 Å². The van der Waals surface area contributed by atoms with Crippen molar-refractivity contribution in [2.24, 2.45) is 11.7 Å². The lowest BCUT2D eigenvalue weighted by Gasteiger charge is -2.17. The van der Waals surface area contributed by atoms with Gasteiger partial charge < -0.3 is 16.4 Å². The molecular weight excluding hydrogens is 182 g/mol. The van der Waals surface area contributed by atoms with Gasteiger partial charge in [-0.25, -0.2) is 0 Å². The Labute approximate surface area is 84.4 Å². The summed E-state index contributed by atoms with van der Waals surface area (Å²) < 4.78 is 0. The van der Waals surface area contributed by atoms with Gasteiger partial charge in [0.2, 0.25) is 11.8 Å². The number of nitrogens with one attached hydrogen (secondary N) is 2. The van der Waals surface area contributed by atoms with Crippen molar-refractivity contribution >= 4 is 11.8 Å². The largest absolute Gasteiger partial charge is 0.352 e. The predicted molar refractivity (Wildman–Crippen MR) is 54.5 cm³/mol. The predicted octanol–water partition coefficient (Wildman–Crippen LogP) is -0.778. The molecule has 5 heteroatoms. The van der Waals surface area contributed by atoms with Gasteiger partial charge in [0, 0.05) is 6.04 Å². The average Bonchev–Trinajstić information content (AvgIpc) is 2.13. The minimum absolute atomic E-state index is 0.00685. The van der Waals surface area contributed by atoms with Gasteiger partial charge in [-0.1, -0.05) is 13.8 Å². The van der Waals surface area contributed by atoms with Gasteiger partial charge in [0.05, 0.1) is 13.1 Å². The van der Waals surface area contributed by atoms with Crippen molar-refractivity contribution in [1.29, 1.82) is 0 Å². The van der Waals surface area contributed by atoms with Crippen LogP contribution in [0.5, 0.6) is 0 Å². The zero-order valence-electron chi connectivity index (χ0n) is 8.96. The molecule has 0 saturated carbocycles. The van der Waals surface area contributed by atoms with Crippen LogP contribution in [0.15, 0.2) is 0 Å². The first kappa shape index (κ1) is 12.9. The maximum absolute atomic E-state index is 11.2. The first-order chi connectivity index (χ1) is 6.47.